The summed E-state index contributed by atoms with van der Waals surface area (Å²) in [6, 6.07) is 10.6. The minimum absolute atomic E-state index is 0. The lowest BCUT2D eigenvalue weighted by Crippen LogP contribution is -2.54. The van der Waals surface area contributed by atoms with E-state index in [4.69, 9.17) is 10.8 Å². The Morgan fingerprint density at radius 3 is 2.50 bits per heavy atom. The van der Waals surface area contributed by atoms with Crippen molar-refractivity contribution in [3.63, 3.8) is 0 Å². The number of carbonyl (C=O) groups excluding carboxylic acids is 1. The van der Waals surface area contributed by atoms with E-state index < -0.39 is 0 Å². The van der Waals surface area contributed by atoms with E-state index in [0.717, 1.165) is 32.5 Å². The van der Waals surface area contributed by atoms with Crippen LogP contribution in [-0.4, -0.2) is 54.7 Å². The molecule has 1 amide bonds. The van der Waals surface area contributed by atoms with Gasteiger partial charge in [-0.1, -0.05) is 18.2 Å². The van der Waals surface area contributed by atoms with Gasteiger partial charge in [0.25, 0.3) is 0 Å². The van der Waals surface area contributed by atoms with Crippen molar-refractivity contribution in [2.24, 2.45) is 5.73 Å². The monoisotopic (exact) mass is 349 g/mol. The minimum atomic E-state index is -0.279. The maximum absolute atomic E-state index is 11.1. The maximum atomic E-state index is 11.1. The zero-order chi connectivity index (χ0) is 14.4. The third-order valence-electron chi connectivity index (χ3n) is 3.73. The van der Waals surface area contributed by atoms with Crippen molar-refractivity contribution in [3.05, 3.63) is 30.3 Å². The highest BCUT2D eigenvalue weighted by Crippen LogP contribution is 2.22. The number of benzene rings is 1. The van der Waals surface area contributed by atoms with Crippen LogP contribution in [0.25, 0.3) is 0 Å². The van der Waals surface area contributed by atoms with Crippen LogP contribution in [0.2, 0.25) is 0 Å². The molecule has 1 unspecified atom stereocenters. The first-order chi connectivity index (χ1) is 9.70. The van der Waals surface area contributed by atoms with Gasteiger partial charge in [-0.25, -0.2) is 0 Å². The van der Waals surface area contributed by atoms with Crippen LogP contribution in [0.1, 0.15) is 12.8 Å². The van der Waals surface area contributed by atoms with E-state index in [1.807, 2.05) is 18.2 Å². The lowest BCUT2D eigenvalue weighted by Gasteiger charge is -2.42. The van der Waals surface area contributed by atoms with Crippen LogP contribution in [-0.2, 0) is 4.79 Å². The first-order valence-corrected chi connectivity index (χ1v) is 7.14. The predicted octanol–water partition coefficient (Wildman–Crippen LogP) is 1.28. The number of carbonyl (C=O) groups is 1. The number of primary amides is 1. The molecule has 1 saturated heterocycles. The number of rotatable bonds is 6. The summed E-state index contributed by atoms with van der Waals surface area (Å²) < 4.78 is 0. The first kappa shape index (κ1) is 21.0. The molecule has 22 heavy (non-hydrogen) atoms. The smallest absolute Gasteiger partial charge is 0.231 e. The normalized spacial score (nSPS) is 18.2. The highest BCUT2D eigenvalue weighted by Gasteiger charge is 2.27. The standard InChI is InChI=1S/C15H23N3O2.2ClH/c16-15(20)12-17-8-9-18(13-5-2-1-3-6-13)14(11-17)7-4-10-19;;/h1-3,5-6,14,19H,4,7-12H2,(H2,16,20);2*1H. The second kappa shape index (κ2) is 10.7. The topological polar surface area (TPSA) is 69.8 Å². The van der Waals surface area contributed by atoms with Gasteiger partial charge in [0.15, 0.2) is 0 Å². The van der Waals surface area contributed by atoms with Crippen molar-refractivity contribution in [2.45, 2.75) is 18.9 Å². The van der Waals surface area contributed by atoms with Crippen molar-refractivity contribution in [2.75, 3.05) is 37.7 Å². The Bertz CT molecular complexity index is 434. The van der Waals surface area contributed by atoms with Gasteiger partial charge in [0.2, 0.25) is 5.91 Å². The summed E-state index contributed by atoms with van der Waals surface area (Å²) in [4.78, 5) is 15.5. The average molecular weight is 350 g/mol. The van der Waals surface area contributed by atoms with Crippen molar-refractivity contribution in [1.82, 2.24) is 4.90 Å². The Morgan fingerprint density at radius 2 is 1.91 bits per heavy atom. The molecule has 7 heteroatoms. The third kappa shape index (κ3) is 6.01. The van der Waals surface area contributed by atoms with Crippen LogP contribution >= 0.6 is 24.8 Å². The molecule has 0 bridgehead atoms. The molecule has 0 radical (unpaired) electrons. The van der Waals surface area contributed by atoms with E-state index in [-0.39, 0.29) is 37.3 Å². The van der Waals surface area contributed by atoms with Gasteiger partial charge < -0.3 is 15.7 Å². The van der Waals surface area contributed by atoms with Crippen molar-refractivity contribution in [1.29, 1.82) is 0 Å². The molecular weight excluding hydrogens is 325 g/mol. The molecule has 1 aliphatic rings. The van der Waals surface area contributed by atoms with Crippen molar-refractivity contribution < 1.29 is 9.90 Å². The predicted molar refractivity (Wildman–Crippen MR) is 94.0 cm³/mol. The molecule has 1 atom stereocenters. The quantitative estimate of drug-likeness (QED) is 0.811. The molecule has 3 N–H and O–H groups in total. The van der Waals surface area contributed by atoms with E-state index in [2.05, 4.69) is 21.9 Å². The Kier molecular flexibility index (Phi) is 10.2. The summed E-state index contributed by atoms with van der Waals surface area (Å²) >= 11 is 0. The van der Waals surface area contributed by atoms with Crippen molar-refractivity contribution >= 4 is 36.4 Å². The van der Waals surface area contributed by atoms with Gasteiger partial charge in [-0.15, -0.1) is 24.8 Å². The number of aliphatic hydroxyl groups is 1. The molecule has 0 saturated carbocycles. The first-order valence-electron chi connectivity index (χ1n) is 7.14. The fraction of sp³-hybridized carbons (Fsp3) is 0.533. The molecule has 1 aliphatic heterocycles. The van der Waals surface area contributed by atoms with Gasteiger partial charge in [-0.05, 0) is 25.0 Å². The molecule has 2 rings (SSSR count). The number of amides is 1. The number of aliphatic hydroxyl groups excluding tert-OH is 1. The number of piperazine rings is 1. The summed E-state index contributed by atoms with van der Waals surface area (Å²) in [5, 5.41) is 9.06. The highest BCUT2D eigenvalue weighted by atomic mass is 35.5. The summed E-state index contributed by atoms with van der Waals surface area (Å²) in [6.45, 7) is 3.06. The summed E-state index contributed by atoms with van der Waals surface area (Å²) in [5.41, 5.74) is 6.48. The number of nitrogens with two attached hydrogens (primary N) is 1. The number of halogens is 2. The van der Waals surface area contributed by atoms with Crippen LogP contribution in [0.5, 0.6) is 0 Å². The molecule has 1 heterocycles. The third-order valence-corrected chi connectivity index (χ3v) is 3.73. The molecule has 1 aromatic rings. The Balaban J connectivity index is 0.00000220. The molecular formula is C15H25Cl2N3O2. The number of para-hydroxylation sites is 1. The van der Waals surface area contributed by atoms with E-state index >= 15 is 0 Å². The van der Waals surface area contributed by atoms with Gasteiger partial charge in [-0.2, -0.15) is 0 Å². The van der Waals surface area contributed by atoms with Crippen LogP contribution in [0, 0.1) is 0 Å². The summed E-state index contributed by atoms with van der Waals surface area (Å²) in [5.74, 6) is -0.279. The average Bonchev–Trinajstić information content (AvgIpc) is 2.45. The zero-order valence-electron chi connectivity index (χ0n) is 12.6. The minimum Gasteiger partial charge on any atom is -0.396 e. The van der Waals surface area contributed by atoms with Crippen LogP contribution < -0.4 is 10.6 Å². The number of hydrogen-bond donors (Lipinski definition) is 2. The Morgan fingerprint density at radius 1 is 1.23 bits per heavy atom. The van der Waals surface area contributed by atoms with Crippen molar-refractivity contribution in [3.8, 4) is 0 Å². The van der Waals surface area contributed by atoms with Gasteiger partial charge >= 0.3 is 0 Å². The van der Waals surface area contributed by atoms with E-state index in [9.17, 15) is 4.79 Å². The number of nitrogens with zero attached hydrogens (tertiary/aromatic N) is 2. The van der Waals surface area contributed by atoms with Gasteiger partial charge in [0, 0.05) is 38.0 Å². The van der Waals surface area contributed by atoms with Gasteiger partial charge in [0.1, 0.15) is 0 Å². The maximum Gasteiger partial charge on any atom is 0.231 e. The molecule has 1 fully saturated rings. The van der Waals surface area contributed by atoms with Crippen LogP contribution in [0.15, 0.2) is 30.3 Å². The fourth-order valence-electron chi connectivity index (χ4n) is 2.82. The summed E-state index contributed by atoms with van der Waals surface area (Å²) in [7, 11) is 0. The molecule has 0 spiro atoms. The van der Waals surface area contributed by atoms with Gasteiger partial charge in [0.05, 0.1) is 6.54 Å². The molecule has 1 aromatic carbocycles. The molecule has 0 aromatic heterocycles. The lowest BCUT2D eigenvalue weighted by atomic mass is 10.0. The lowest BCUT2D eigenvalue weighted by molar-refractivity contribution is -0.119. The fourth-order valence-corrected chi connectivity index (χ4v) is 2.82. The number of anilines is 1. The molecule has 0 aliphatic carbocycles. The van der Waals surface area contributed by atoms with E-state index in [1.54, 1.807) is 0 Å². The van der Waals surface area contributed by atoms with E-state index in [0.29, 0.717) is 12.6 Å². The van der Waals surface area contributed by atoms with E-state index in [1.165, 1.54) is 5.69 Å². The van der Waals surface area contributed by atoms with Gasteiger partial charge in [-0.3, -0.25) is 9.69 Å². The van der Waals surface area contributed by atoms with Crippen LogP contribution in [0.4, 0.5) is 5.69 Å². The summed E-state index contributed by atoms with van der Waals surface area (Å²) in [6.07, 6.45) is 1.69. The Labute approximate surface area is 144 Å². The zero-order valence-corrected chi connectivity index (χ0v) is 14.2. The molecule has 5 nitrogen and oxygen atoms in total. The number of hydrogen-bond acceptors (Lipinski definition) is 4. The highest BCUT2D eigenvalue weighted by molar-refractivity contribution is 5.85. The SMILES string of the molecule is Cl.Cl.NC(=O)CN1CCN(c2ccccc2)C(CCCO)C1. The largest absolute Gasteiger partial charge is 0.396 e. The van der Waals surface area contributed by atoms with Crippen LogP contribution in [0.3, 0.4) is 0 Å². The molecule has 126 valence electrons. The second-order valence-corrected chi connectivity index (χ2v) is 5.25. The second-order valence-electron chi connectivity index (χ2n) is 5.25. The Hall–Kier alpha value is -1.01.